The molecule has 0 atom stereocenters. The lowest BCUT2D eigenvalue weighted by Crippen LogP contribution is -2.45. The zero-order chi connectivity index (χ0) is 12.8. The SMILES string of the molecule is CC(C)NC(=O)NC1CCC(CC(=O)O)CC1. The van der Waals surface area contributed by atoms with E-state index in [2.05, 4.69) is 10.6 Å². The van der Waals surface area contributed by atoms with Crippen LogP contribution in [0.15, 0.2) is 0 Å². The molecule has 5 nitrogen and oxygen atoms in total. The predicted molar refractivity (Wildman–Crippen MR) is 64.8 cm³/mol. The first kappa shape index (κ1) is 13.8. The van der Waals surface area contributed by atoms with E-state index in [-0.39, 0.29) is 30.5 Å². The number of hydrogen-bond acceptors (Lipinski definition) is 2. The van der Waals surface area contributed by atoms with Crippen LogP contribution >= 0.6 is 0 Å². The van der Waals surface area contributed by atoms with E-state index in [1.54, 1.807) is 0 Å². The van der Waals surface area contributed by atoms with Gasteiger partial charge in [0.1, 0.15) is 0 Å². The maximum Gasteiger partial charge on any atom is 0.315 e. The van der Waals surface area contributed by atoms with Gasteiger partial charge < -0.3 is 15.7 Å². The van der Waals surface area contributed by atoms with Crippen LogP contribution in [0.1, 0.15) is 46.0 Å². The van der Waals surface area contributed by atoms with E-state index in [4.69, 9.17) is 5.11 Å². The van der Waals surface area contributed by atoms with Crippen LogP contribution in [0.3, 0.4) is 0 Å². The van der Waals surface area contributed by atoms with Crippen molar-refractivity contribution in [3.05, 3.63) is 0 Å². The molecule has 0 radical (unpaired) electrons. The topological polar surface area (TPSA) is 78.4 Å². The monoisotopic (exact) mass is 242 g/mol. The number of rotatable bonds is 4. The van der Waals surface area contributed by atoms with Gasteiger partial charge in [0.15, 0.2) is 0 Å². The molecule has 0 aromatic carbocycles. The number of carboxylic acids is 1. The molecule has 0 aromatic heterocycles. The summed E-state index contributed by atoms with van der Waals surface area (Å²) in [6, 6.07) is 0.207. The van der Waals surface area contributed by atoms with Gasteiger partial charge in [0.2, 0.25) is 0 Å². The molecule has 5 heteroatoms. The average molecular weight is 242 g/mol. The van der Waals surface area contributed by atoms with Gasteiger partial charge in [-0.25, -0.2) is 4.79 Å². The van der Waals surface area contributed by atoms with Gasteiger partial charge in [0, 0.05) is 18.5 Å². The van der Waals surface area contributed by atoms with E-state index in [1.165, 1.54) is 0 Å². The first-order valence-corrected chi connectivity index (χ1v) is 6.26. The summed E-state index contributed by atoms with van der Waals surface area (Å²) in [5.41, 5.74) is 0. The summed E-state index contributed by atoms with van der Waals surface area (Å²) < 4.78 is 0. The molecule has 1 saturated carbocycles. The lowest BCUT2D eigenvalue weighted by atomic mass is 9.84. The lowest BCUT2D eigenvalue weighted by molar-refractivity contribution is -0.138. The van der Waals surface area contributed by atoms with Crippen LogP contribution in [0.2, 0.25) is 0 Å². The Morgan fingerprint density at radius 3 is 2.29 bits per heavy atom. The number of aliphatic carboxylic acids is 1. The van der Waals surface area contributed by atoms with E-state index < -0.39 is 5.97 Å². The largest absolute Gasteiger partial charge is 0.481 e. The number of carbonyl (C=O) groups is 2. The zero-order valence-electron chi connectivity index (χ0n) is 10.5. The molecular weight excluding hydrogens is 220 g/mol. The number of urea groups is 1. The van der Waals surface area contributed by atoms with Crippen molar-refractivity contribution in [1.82, 2.24) is 10.6 Å². The van der Waals surface area contributed by atoms with Gasteiger partial charge >= 0.3 is 12.0 Å². The van der Waals surface area contributed by atoms with Crippen molar-refractivity contribution in [2.75, 3.05) is 0 Å². The predicted octanol–water partition coefficient (Wildman–Crippen LogP) is 1.73. The maximum atomic E-state index is 11.5. The second-order valence-electron chi connectivity index (χ2n) is 5.09. The minimum Gasteiger partial charge on any atom is -0.481 e. The first-order chi connectivity index (χ1) is 7.97. The zero-order valence-corrected chi connectivity index (χ0v) is 10.5. The van der Waals surface area contributed by atoms with Crippen LogP contribution in [0.5, 0.6) is 0 Å². The average Bonchev–Trinajstić information content (AvgIpc) is 2.18. The summed E-state index contributed by atoms with van der Waals surface area (Å²) in [7, 11) is 0. The van der Waals surface area contributed by atoms with Crippen LogP contribution < -0.4 is 10.6 Å². The molecule has 1 fully saturated rings. The highest BCUT2D eigenvalue weighted by atomic mass is 16.4. The summed E-state index contributed by atoms with van der Waals surface area (Å²) in [5, 5.41) is 14.4. The summed E-state index contributed by atoms with van der Waals surface area (Å²) in [4.78, 5) is 22.0. The van der Waals surface area contributed by atoms with Crippen molar-refractivity contribution in [2.24, 2.45) is 5.92 Å². The second-order valence-corrected chi connectivity index (χ2v) is 5.09. The molecule has 0 saturated heterocycles. The fourth-order valence-electron chi connectivity index (χ4n) is 2.25. The van der Waals surface area contributed by atoms with E-state index in [1.807, 2.05) is 13.8 Å². The minimum absolute atomic E-state index is 0.123. The Hall–Kier alpha value is -1.26. The van der Waals surface area contributed by atoms with Crippen molar-refractivity contribution in [3.63, 3.8) is 0 Å². The highest BCUT2D eigenvalue weighted by Gasteiger charge is 2.23. The second kappa shape index (κ2) is 6.47. The van der Waals surface area contributed by atoms with E-state index >= 15 is 0 Å². The summed E-state index contributed by atoms with van der Waals surface area (Å²) in [6.07, 6.45) is 3.79. The van der Waals surface area contributed by atoms with Crippen LogP contribution in [0, 0.1) is 5.92 Å². The molecule has 0 aromatic rings. The molecule has 1 rings (SSSR count). The van der Waals surface area contributed by atoms with Crippen LogP contribution in [-0.2, 0) is 4.79 Å². The number of amides is 2. The highest BCUT2D eigenvalue weighted by molar-refractivity contribution is 5.74. The van der Waals surface area contributed by atoms with Gasteiger partial charge in [0.25, 0.3) is 0 Å². The molecule has 3 N–H and O–H groups in total. The molecule has 17 heavy (non-hydrogen) atoms. The Balaban J connectivity index is 2.23. The third-order valence-electron chi connectivity index (χ3n) is 3.07. The van der Waals surface area contributed by atoms with Gasteiger partial charge in [0.05, 0.1) is 0 Å². The molecule has 2 amide bonds. The molecule has 0 spiro atoms. The molecule has 1 aliphatic carbocycles. The van der Waals surface area contributed by atoms with Crippen molar-refractivity contribution >= 4 is 12.0 Å². The normalized spacial score (nSPS) is 24.4. The molecule has 98 valence electrons. The Kier molecular flexibility index (Phi) is 5.25. The molecule has 1 aliphatic rings. The van der Waals surface area contributed by atoms with Crippen LogP contribution in [0.25, 0.3) is 0 Å². The van der Waals surface area contributed by atoms with E-state index in [9.17, 15) is 9.59 Å². The Morgan fingerprint density at radius 2 is 1.82 bits per heavy atom. The summed E-state index contributed by atoms with van der Waals surface area (Å²) in [5.74, 6) is -0.447. The van der Waals surface area contributed by atoms with Gasteiger partial charge in [-0.2, -0.15) is 0 Å². The van der Waals surface area contributed by atoms with E-state index in [0.29, 0.717) is 0 Å². The molecule has 0 aliphatic heterocycles. The smallest absolute Gasteiger partial charge is 0.315 e. The quantitative estimate of drug-likeness (QED) is 0.702. The van der Waals surface area contributed by atoms with Gasteiger partial charge in [-0.3, -0.25) is 4.79 Å². The number of hydrogen-bond donors (Lipinski definition) is 3. The highest BCUT2D eigenvalue weighted by Crippen LogP contribution is 2.26. The fourth-order valence-corrected chi connectivity index (χ4v) is 2.25. The maximum absolute atomic E-state index is 11.5. The van der Waals surface area contributed by atoms with Crippen molar-refractivity contribution in [1.29, 1.82) is 0 Å². The molecule has 0 heterocycles. The van der Waals surface area contributed by atoms with Crippen molar-refractivity contribution in [3.8, 4) is 0 Å². The Bertz CT molecular complexity index is 271. The lowest BCUT2D eigenvalue weighted by Gasteiger charge is -2.28. The third-order valence-corrected chi connectivity index (χ3v) is 3.07. The summed E-state index contributed by atoms with van der Waals surface area (Å²) >= 11 is 0. The third kappa shape index (κ3) is 5.56. The number of nitrogens with one attached hydrogen (secondary N) is 2. The van der Waals surface area contributed by atoms with E-state index in [0.717, 1.165) is 25.7 Å². The number of carbonyl (C=O) groups excluding carboxylic acids is 1. The van der Waals surface area contributed by atoms with Gasteiger partial charge in [-0.15, -0.1) is 0 Å². The fraction of sp³-hybridized carbons (Fsp3) is 0.833. The van der Waals surface area contributed by atoms with Crippen LogP contribution in [0.4, 0.5) is 4.79 Å². The molecular formula is C12H22N2O3. The van der Waals surface area contributed by atoms with Gasteiger partial charge in [-0.05, 0) is 45.4 Å². The van der Waals surface area contributed by atoms with Crippen LogP contribution in [-0.4, -0.2) is 29.2 Å². The van der Waals surface area contributed by atoms with Gasteiger partial charge in [-0.1, -0.05) is 0 Å². The minimum atomic E-state index is -0.723. The number of carboxylic acid groups (broad SMARTS) is 1. The first-order valence-electron chi connectivity index (χ1n) is 6.26. The Labute approximate surface area is 102 Å². The summed E-state index contributed by atoms with van der Waals surface area (Å²) in [6.45, 7) is 3.84. The Morgan fingerprint density at radius 1 is 1.24 bits per heavy atom. The molecule has 0 unspecified atom stereocenters. The standard InChI is InChI=1S/C12H22N2O3/c1-8(2)13-12(17)14-10-5-3-9(4-6-10)7-11(15)16/h8-10H,3-7H2,1-2H3,(H,15,16)(H2,13,14,17). The molecule has 0 bridgehead atoms. The van der Waals surface area contributed by atoms with Crippen molar-refractivity contribution in [2.45, 2.75) is 58.0 Å². The van der Waals surface area contributed by atoms with Crippen molar-refractivity contribution < 1.29 is 14.7 Å².